The number of hydrogen-bond donors (Lipinski definition) is 1. The number of halogens is 1. The molecule has 1 atom stereocenters. The second kappa shape index (κ2) is 3.87. The summed E-state index contributed by atoms with van der Waals surface area (Å²) in [5, 5.41) is 1.92. The van der Waals surface area contributed by atoms with Gasteiger partial charge in [-0.3, -0.25) is 4.79 Å². The lowest BCUT2D eigenvalue weighted by molar-refractivity contribution is -0.117. The van der Waals surface area contributed by atoms with Gasteiger partial charge in [0.15, 0.2) is 5.38 Å². The fraction of sp³-hybridized carbons (Fsp3) is 0.556. The Kier molecular flexibility index (Phi) is 3.17. The van der Waals surface area contributed by atoms with Crippen LogP contribution in [0.1, 0.15) is 36.8 Å². The molecule has 3 nitrogen and oxygen atoms in total. The van der Waals surface area contributed by atoms with Crippen LogP contribution in [0.5, 0.6) is 0 Å². The maximum atomic E-state index is 10.8. The fourth-order valence-electron chi connectivity index (χ4n) is 0.893. The van der Waals surface area contributed by atoms with Crippen molar-refractivity contribution in [3.8, 4) is 0 Å². The van der Waals surface area contributed by atoms with Gasteiger partial charge in [0.25, 0.3) is 0 Å². The first kappa shape index (κ1) is 11.5. The molecule has 0 fully saturated rings. The third-order valence-electron chi connectivity index (χ3n) is 1.67. The Hall–Kier alpha value is -0.610. The molecule has 1 aromatic heterocycles. The maximum absolute atomic E-state index is 10.8. The minimum atomic E-state index is -0.817. The molecule has 1 unspecified atom stereocenters. The van der Waals surface area contributed by atoms with Gasteiger partial charge in [0.1, 0.15) is 0 Å². The topological polar surface area (TPSA) is 56.0 Å². The van der Waals surface area contributed by atoms with Crippen LogP contribution in [0.15, 0.2) is 5.38 Å². The van der Waals surface area contributed by atoms with E-state index in [0.29, 0.717) is 5.69 Å². The molecule has 0 aliphatic rings. The molecule has 1 aromatic rings. The fourth-order valence-corrected chi connectivity index (χ4v) is 2.01. The molecule has 1 heterocycles. The van der Waals surface area contributed by atoms with Crippen molar-refractivity contribution in [1.82, 2.24) is 4.98 Å². The Morgan fingerprint density at radius 3 is 2.57 bits per heavy atom. The maximum Gasteiger partial charge on any atom is 0.241 e. The van der Waals surface area contributed by atoms with E-state index < -0.39 is 11.3 Å². The van der Waals surface area contributed by atoms with E-state index >= 15 is 0 Å². The second-order valence-corrected chi connectivity index (χ2v) is 5.39. The summed E-state index contributed by atoms with van der Waals surface area (Å²) in [5.41, 5.74) is 5.61. The average Bonchev–Trinajstić information content (AvgIpc) is 2.49. The van der Waals surface area contributed by atoms with Gasteiger partial charge in [0.05, 0.1) is 10.7 Å². The zero-order valence-corrected chi connectivity index (χ0v) is 9.95. The largest absolute Gasteiger partial charge is 0.368 e. The van der Waals surface area contributed by atoms with Crippen LogP contribution in [0.2, 0.25) is 0 Å². The first-order valence-corrected chi connectivity index (χ1v) is 5.53. The number of rotatable bonds is 2. The number of carbonyl (C=O) groups excluding carboxylic acids is 1. The van der Waals surface area contributed by atoms with Crippen LogP contribution < -0.4 is 5.73 Å². The molecule has 0 aliphatic heterocycles. The summed E-state index contributed by atoms with van der Waals surface area (Å²) in [6, 6.07) is 0. The van der Waals surface area contributed by atoms with Gasteiger partial charge in [0.2, 0.25) is 5.91 Å². The van der Waals surface area contributed by atoms with Crippen LogP contribution in [-0.4, -0.2) is 10.9 Å². The third-order valence-corrected chi connectivity index (χ3v) is 3.40. The summed E-state index contributed by atoms with van der Waals surface area (Å²) in [4.78, 5) is 15.1. The number of amides is 1. The summed E-state index contributed by atoms with van der Waals surface area (Å²) in [6.45, 7) is 6.18. The summed E-state index contributed by atoms with van der Waals surface area (Å²) in [5.74, 6) is -0.558. The summed E-state index contributed by atoms with van der Waals surface area (Å²) >= 11 is 7.27. The van der Waals surface area contributed by atoms with Gasteiger partial charge in [-0.05, 0) is 0 Å². The molecule has 0 bridgehead atoms. The lowest BCUT2D eigenvalue weighted by Gasteiger charge is -2.13. The van der Waals surface area contributed by atoms with Crippen LogP contribution in [0.3, 0.4) is 0 Å². The standard InChI is InChI=1S/C9H13ClN2OS/c1-9(2,3)8-12-5(4-14-8)6(10)7(11)13/h4,6H,1-3H3,(H2,11,13). The highest BCUT2D eigenvalue weighted by Gasteiger charge is 2.22. The number of carbonyl (C=O) groups is 1. The van der Waals surface area contributed by atoms with Crippen molar-refractivity contribution in [2.45, 2.75) is 31.6 Å². The molecule has 0 radical (unpaired) electrons. The molecule has 1 amide bonds. The average molecular weight is 233 g/mol. The molecule has 0 saturated carbocycles. The summed E-state index contributed by atoms with van der Waals surface area (Å²) in [7, 11) is 0. The number of alkyl halides is 1. The predicted molar refractivity (Wildman–Crippen MR) is 58.6 cm³/mol. The summed E-state index contributed by atoms with van der Waals surface area (Å²) in [6.07, 6.45) is 0. The van der Waals surface area contributed by atoms with Crippen LogP contribution in [-0.2, 0) is 10.2 Å². The van der Waals surface area contributed by atoms with Gasteiger partial charge in [-0.1, -0.05) is 20.8 Å². The number of nitrogens with zero attached hydrogens (tertiary/aromatic N) is 1. The minimum Gasteiger partial charge on any atom is -0.368 e. The highest BCUT2D eigenvalue weighted by molar-refractivity contribution is 7.09. The molecule has 2 N–H and O–H groups in total. The molecular formula is C9H13ClN2OS. The van der Waals surface area contributed by atoms with Gasteiger partial charge in [0, 0.05) is 10.8 Å². The van der Waals surface area contributed by atoms with Crippen molar-refractivity contribution >= 4 is 28.8 Å². The minimum absolute atomic E-state index is 0.0167. The van der Waals surface area contributed by atoms with Gasteiger partial charge in [-0.25, -0.2) is 4.98 Å². The number of nitrogens with two attached hydrogens (primary N) is 1. The number of hydrogen-bond acceptors (Lipinski definition) is 3. The van der Waals surface area contributed by atoms with Crippen molar-refractivity contribution in [1.29, 1.82) is 0 Å². The third kappa shape index (κ3) is 2.45. The first-order valence-electron chi connectivity index (χ1n) is 4.21. The van der Waals surface area contributed by atoms with Crippen molar-refractivity contribution in [3.05, 3.63) is 16.1 Å². The Morgan fingerprint density at radius 1 is 1.64 bits per heavy atom. The zero-order chi connectivity index (χ0) is 10.9. The lowest BCUT2D eigenvalue weighted by atomic mass is 9.98. The van der Waals surface area contributed by atoms with E-state index in [0.717, 1.165) is 5.01 Å². The van der Waals surface area contributed by atoms with Crippen molar-refractivity contribution < 1.29 is 4.79 Å². The molecule has 78 valence electrons. The molecule has 0 spiro atoms. The Labute approximate surface area is 92.3 Å². The quantitative estimate of drug-likeness (QED) is 0.795. The van der Waals surface area contributed by atoms with Crippen LogP contribution in [0.25, 0.3) is 0 Å². The highest BCUT2D eigenvalue weighted by atomic mass is 35.5. The van der Waals surface area contributed by atoms with E-state index in [4.69, 9.17) is 17.3 Å². The first-order chi connectivity index (χ1) is 6.32. The van der Waals surface area contributed by atoms with E-state index in [1.54, 1.807) is 5.38 Å². The normalized spacial score (nSPS) is 14.0. The van der Waals surface area contributed by atoms with E-state index in [2.05, 4.69) is 25.8 Å². The number of primary amides is 1. The molecule has 0 saturated heterocycles. The van der Waals surface area contributed by atoms with Gasteiger partial charge in [-0.2, -0.15) is 0 Å². The lowest BCUT2D eigenvalue weighted by Crippen LogP contribution is -2.18. The molecular weight excluding hydrogens is 220 g/mol. The Balaban J connectivity index is 2.94. The predicted octanol–water partition coefficient (Wildman–Crippen LogP) is 2.21. The van der Waals surface area contributed by atoms with Crippen LogP contribution in [0.4, 0.5) is 0 Å². The van der Waals surface area contributed by atoms with Crippen molar-refractivity contribution in [2.24, 2.45) is 5.73 Å². The molecule has 0 aromatic carbocycles. The molecule has 0 aliphatic carbocycles. The second-order valence-electron chi connectivity index (χ2n) is 4.09. The Morgan fingerprint density at radius 2 is 2.21 bits per heavy atom. The van der Waals surface area contributed by atoms with E-state index in [9.17, 15) is 4.79 Å². The van der Waals surface area contributed by atoms with Crippen molar-refractivity contribution in [3.63, 3.8) is 0 Å². The Bertz CT molecular complexity index is 343. The van der Waals surface area contributed by atoms with Gasteiger partial charge < -0.3 is 5.73 Å². The van der Waals surface area contributed by atoms with E-state index in [1.807, 2.05) is 0 Å². The number of aromatic nitrogens is 1. The monoisotopic (exact) mass is 232 g/mol. The van der Waals surface area contributed by atoms with Crippen LogP contribution >= 0.6 is 22.9 Å². The number of thiazole rings is 1. The molecule has 5 heteroatoms. The van der Waals surface area contributed by atoms with Gasteiger partial charge in [-0.15, -0.1) is 22.9 Å². The molecule has 14 heavy (non-hydrogen) atoms. The van der Waals surface area contributed by atoms with E-state index in [-0.39, 0.29) is 5.41 Å². The van der Waals surface area contributed by atoms with E-state index in [1.165, 1.54) is 11.3 Å². The smallest absolute Gasteiger partial charge is 0.241 e. The van der Waals surface area contributed by atoms with Crippen molar-refractivity contribution in [2.75, 3.05) is 0 Å². The van der Waals surface area contributed by atoms with Gasteiger partial charge >= 0.3 is 0 Å². The zero-order valence-electron chi connectivity index (χ0n) is 8.37. The molecule has 1 rings (SSSR count). The van der Waals surface area contributed by atoms with Crippen LogP contribution in [0, 0.1) is 0 Å². The SMILES string of the molecule is CC(C)(C)c1nc(C(Cl)C(N)=O)cs1. The summed E-state index contributed by atoms with van der Waals surface area (Å²) < 4.78 is 0. The highest BCUT2D eigenvalue weighted by Crippen LogP contribution is 2.29.